The molecule has 1 N–H and O–H groups in total. The maximum Gasteiger partial charge on any atom is 0.490 e. The number of alkyl halides is 3. The van der Waals surface area contributed by atoms with Crippen molar-refractivity contribution in [3.63, 3.8) is 0 Å². The van der Waals surface area contributed by atoms with Crippen LogP contribution in [-0.4, -0.2) is 107 Å². The highest BCUT2D eigenvalue weighted by Crippen LogP contribution is 2.33. The van der Waals surface area contributed by atoms with Crippen LogP contribution in [0.4, 0.5) is 13.2 Å². The average molecular weight is 504 g/mol. The van der Waals surface area contributed by atoms with Crippen molar-refractivity contribution >= 4 is 27.8 Å². The van der Waals surface area contributed by atoms with E-state index in [4.69, 9.17) is 14.7 Å². The molecule has 3 fully saturated rings. The standard InChI is InChI=1S/C15H27N5O3S2.C2HF3O2/c1-12(2)19(13-4-6-17(7-5-13)25(3,21)22)20-15(9-23-20)18-11-24-10-14(18)8-16;3-2(4,5)1(6)7/h12-15H,4-7,9-11H2,1-3H3;(H,6,7). The van der Waals surface area contributed by atoms with Gasteiger partial charge in [-0.05, 0) is 26.7 Å². The van der Waals surface area contributed by atoms with E-state index >= 15 is 0 Å². The van der Waals surface area contributed by atoms with Crippen molar-refractivity contribution in [3.05, 3.63) is 0 Å². The number of thioether (sulfide) groups is 1. The van der Waals surface area contributed by atoms with Crippen LogP contribution in [0.15, 0.2) is 0 Å². The molecule has 32 heavy (non-hydrogen) atoms. The zero-order valence-electron chi connectivity index (χ0n) is 18.0. The molecule has 10 nitrogen and oxygen atoms in total. The minimum absolute atomic E-state index is 0.0671. The molecule has 0 amide bonds. The van der Waals surface area contributed by atoms with Gasteiger partial charge in [-0.3, -0.25) is 9.74 Å². The normalized spacial score (nSPS) is 26.5. The Hall–Kier alpha value is -1.15. The summed E-state index contributed by atoms with van der Waals surface area (Å²) in [5.74, 6) is -1.07. The van der Waals surface area contributed by atoms with E-state index in [-0.39, 0.29) is 24.3 Å². The Morgan fingerprint density at radius 3 is 2.25 bits per heavy atom. The smallest absolute Gasteiger partial charge is 0.475 e. The van der Waals surface area contributed by atoms with Crippen molar-refractivity contribution in [3.8, 4) is 6.07 Å². The third kappa shape index (κ3) is 6.69. The highest BCUT2D eigenvalue weighted by molar-refractivity contribution is 7.99. The zero-order valence-corrected chi connectivity index (χ0v) is 19.7. The van der Waals surface area contributed by atoms with E-state index in [9.17, 15) is 26.9 Å². The van der Waals surface area contributed by atoms with Crippen LogP contribution in [0.3, 0.4) is 0 Å². The van der Waals surface area contributed by atoms with Gasteiger partial charge in [0.25, 0.3) is 0 Å². The van der Waals surface area contributed by atoms with Gasteiger partial charge in [-0.1, -0.05) is 0 Å². The molecule has 0 aromatic rings. The number of carbonyl (C=O) groups is 1. The lowest BCUT2D eigenvalue weighted by molar-refractivity contribution is -0.430. The second kappa shape index (κ2) is 10.9. The second-order valence-corrected chi connectivity index (χ2v) is 10.9. The Labute approximate surface area is 189 Å². The largest absolute Gasteiger partial charge is 0.490 e. The van der Waals surface area contributed by atoms with Gasteiger partial charge >= 0.3 is 12.1 Å². The fourth-order valence-corrected chi connectivity index (χ4v) is 5.79. The van der Waals surface area contributed by atoms with Crippen LogP contribution in [-0.2, 0) is 19.7 Å². The van der Waals surface area contributed by atoms with Gasteiger partial charge in [0, 0.05) is 36.8 Å². The van der Waals surface area contributed by atoms with E-state index in [1.807, 2.05) is 5.17 Å². The summed E-state index contributed by atoms with van der Waals surface area (Å²) in [7, 11) is -3.12. The summed E-state index contributed by atoms with van der Waals surface area (Å²) < 4.78 is 56.8. The zero-order chi connectivity index (χ0) is 24.3. The molecule has 15 heteroatoms. The minimum Gasteiger partial charge on any atom is -0.475 e. The molecule has 0 spiro atoms. The highest BCUT2D eigenvalue weighted by atomic mass is 32.2. The van der Waals surface area contributed by atoms with Crippen LogP contribution >= 0.6 is 11.8 Å². The molecule has 3 saturated heterocycles. The lowest BCUT2D eigenvalue weighted by atomic mass is 10.0. The number of piperidine rings is 1. The van der Waals surface area contributed by atoms with Crippen LogP contribution in [0, 0.1) is 11.3 Å². The van der Waals surface area contributed by atoms with Gasteiger partial charge in [-0.15, -0.1) is 16.9 Å². The first-order chi connectivity index (χ1) is 14.8. The Kier molecular flexibility index (Phi) is 9.19. The van der Waals surface area contributed by atoms with Crippen LogP contribution in [0.25, 0.3) is 0 Å². The monoisotopic (exact) mass is 503 g/mol. The molecule has 2 unspecified atom stereocenters. The van der Waals surface area contributed by atoms with Crippen LogP contribution in [0.2, 0.25) is 0 Å². The number of carboxylic acids is 1. The average Bonchev–Trinajstić information content (AvgIpc) is 3.11. The molecular formula is C17H28F3N5O5S2. The first kappa shape index (κ1) is 27.1. The molecule has 0 bridgehead atoms. The van der Waals surface area contributed by atoms with Gasteiger partial charge in [0.2, 0.25) is 10.0 Å². The fourth-order valence-electron chi connectivity index (χ4n) is 3.76. The van der Waals surface area contributed by atoms with E-state index in [2.05, 4.69) is 29.8 Å². The van der Waals surface area contributed by atoms with E-state index in [0.29, 0.717) is 19.7 Å². The van der Waals surface area contributed by atoms with Crippen molar-refractivity contribution in [2.45, 2.75) is 57.2 Å². The molecule has 3 heterocycles. The Morgan fingerprint density at radius 1 is 1.31 bits per heavy atom. The van der Waals surface area contributed by atoms with Gasteiger partial charge in [-0.2, -0.15) is 18.4 Å². The van der Waals surface area contributed by atoms with Crippen molar-refractivity contribution in [1.29, 1.82) is 5.26 Å². The lowest BCUT2D eigenvalue weighted by Gasteiger charge is -2.54. The molecule has 0 aromatic heterocycles. The van der Waals surface area contributed by atoms with Crippen molar-refractivity contribution in [2.24, 2.45) is 0 Å². The number of rotatable bonds is 5. The minimum atomic E-state index is -5.08. The summed E-state index contributed by atoms with van der Waals surface area (Å²) >= 11 is 1.78. The number of nitrogens with zero attached hydrogens (tertiary/aromatic N) is 5. The predicted molar refractivity (Wildman–Crippen MR) is 110 cm³/mol. The first-order valence-electron chi connectivity index (χ1n) is 9.96. The summed E-state index contributed by atoms with van der Waals surface area (Å²) in [6.07, 6.45) is -2.15. The second-order valence-electron chi connectivity index (χ2n) is 7.91. The number of aliphatic carboxylic acids is 1. The summed E-state index contributed by atoms with van der Waals surface area (Å²) in [5, 5.41) is 20.7. The number of halogens is 3. The van der Waals surface area contributed by atoms with Crippen LogP contribution in [0.5, 0.6) is 0 Å². The number of carboxylic acid groups (broad SMARTS) is 1. The van der Waals surface area contributed by atoms with Gasteiger partial charge in [0.15, 0.2) is 0 Å². The maximum absolute atomic E-state index is 11.7. The molecule has 3 rings (SSSR count). The number of hydroxylamine groups is 1. The maximum atomic E-state index is 11.7. The van der Waals surface area contributed by atoms with Gasteiger partial charge in [0.05, 0.1) is 12.3 Å². The summed E-state index contributed by atoms with van der Waals surface area (Å²) in [5.41, 5.74) is 0. The third-order valence-electron chi connectivity index (χ3n) is 5.32. The van der Waals surface area contributed by atoms with E-state index in [1.54, 1.807) is 16.1 Å². The van der Waals surface area contributed by atoms with Crippen molar-refractivity contribution in [2.75, 3.05) is 37.6 Å². The molecule has 3 aliphatic rings. The predicted octanol–water partition coefficient (Wildman–Crippen LogP) is 1.14. The molecule has 184 valence electrons. The van der Waals surface area contributed by atoms with Gasteiger partial charge < -0.3 is 5.11 Å². The van der Waals surface area contributed by atoms with Gasteiger partial charge in [-0.25, -0.2) is 22.5 Å². The highest BCUT2D eigenvalue weighted by Gasteiger charge is 2.46. The van der Waals surface area contributed by atoms with Crippen LogP contribution < -0.4 is 0 Å². The van der Waals surface area contributed by atoms with E-state index < -0.39 is 22.2 Å². The SMILES string of the molecule is CC(C)N(C1CCN(S(C)(=O)=O)CC1)N1OCC1N1CSCC1C#N.O=C(O)C(F)(F)F. The summed E-state index contributed by atoms with van der Waals surface area (Å²) in [6.45, 7) is 5.95. The summed E-state index contributed by atoms with van der Waals surface area (Å²) in [4.78, 5) is 16.9. The summed E-state index contributed by atoms with van der Waals surface area (Å²) in [6, 6.07) is 2.81. The lowest BCUT2D eigenvalue weighted by Crippen LogP contribution is -2.70. The number of hydrazine groups is 1. The molecule has 3 aliphatic heterocycles. The number of hydrogen-bond donors (Lipinski definition) is 1. The molecule has 0 aromatic carbocycles. The van der Waals surface area contributed by atoms with E-state index in [0.717, 1.165) is 24.5 Å². The topological polar surface area (TPSA) is 117 Å². The Bertz CT molecular complexity index is 799. The first-order valence-corrected chi connectivity index (χ1v) is 13.0. The van der Waals surface area contributed by atoms with Crippen molar-refractivity contribution in [1.82, 2.24) is 19.4 Å². The molecule has 0 radical (unpaired) electrons. The molecule has 2 atom stereocenters. The number of sulfonamides is 1. The number of hydrogen-bond acceptors (Lipinski definition) is 9. The number of nitriles is 1. The third-order valence-corrected chi connectivity index (χ3v) is 7.66. The Balaban J connectivity index is 0.000000451. The van der Waals surface area contributed by atoms with Crippen molar-refractivity contribution < 1.29 is 36.3 Å². The molecular weight excluding hydrogens is 475 g/mol. The molecule has 0 aliphatic carbocycles. The molecule has 0 saturated carbocycles. The van der Waals surface area contributed by atoms with Crippen LogP contribution in [0.1, 0.15) is 26.7 Å². The fraction of sp³-hybridized carbons (Fsp3) is 0.882. The van der Waals surface area contributed by atoms with E-state index in [1.165, 1.54) is 6.26 Å². The Morgan fingerprint density at radius 2 is 1.88 bits per heavy atom. The van der Waals surface area contributed by atoms with Gasteiger partial charge in [0.1, 0.15) is 18.8 Å². The quantitative estimate of drug-likeness (QED) is 0.585.